The first-order valence-electron chi connectivity index (χ1n) is 6.63. The number of hydrogen-bond donors (Lipinski definition) is 1. The van der Waals surface area contributed by atoms with E-state index in [4.69, 9.17) is 4.98 Å². The summed E-state index contributed by atoms with van der Waals surface area (Å²) in [5, 5.41) is 1.12. The van der Waals surface area contributed by atoms with Gasteiger partial charge >= 0.3 is 0 Å². The lowest BCUT2D eigenvalue weighted by molar-refractivity contribution is 1.24. The fourth-order valence-electron chi connectivity index (χ4n) is 2.58. The predicted molar refractivity (Wildman–Crippen MR) is 81.6 cm³/mol. The van der Waals surface area contributed by atoms with Gasteiger partial charge in [-0.25, -0.2) is 4.98 Å². The number of para-hydroxylation sites is 3. The third-order valence-electron chi connectivity index (χ3n) is 3.49. The van der Waals surface area contributed by atoms with E-state index in [9.17, 15) is 0 Å². The molecule has 0 radical (unpaired) electrons. The topological polar surface area (TPSA) is 41.6 Å². The number of pyridine rings is 1. The molecule has 20 heavy (non-hydrogen) atoms. The molecule has 0 bridgehead atoms. The van der Waals surface area contributed by atoms with E-state index in [2.05, 4.69) is 22.1 Å². The van der Waals surface area contributed by atoms with Crippen molar-refractivity contribution in [1.82, 2.24) is 15.0 Å². The van der Waals surface area contributed by atoms with Crippen LogP contribution in [0.15, 0.2) is 54.6 Å². The lowest BCUT2D eigenvalue weighted by atomic mass is 10.1. The number of aromatic nitrogens is 3. The lowest BCUT2D eigenvalue weighted by Gasteiger charge is -2.05. The number of fused-ring (bicyclic) bond motifs is 2. The van der Waals surface area contributed by atoms with Crippen LogP contribution in [0.25, 0.3) is 33.3 Å². The average Bonchev–Trinajstić information content (AvgIpc) is 2.90. The largest absolute Gasteiger partial charge is 0.338 e. The summed E-state index contributed by atoms with van der Waals surface area (Å²) in [4.78, 5) is 12.7. The van der Waals surface area contributed by atoms with E-state index < -0.39 is 0 Å². The second kappa shape index (κ2) is 4.17. The van der Waals surface area contributed by atoms with E-state index in [1.165, 1.54) is 0 Å². The number of nitrogens with one attached hydrogen (secondary N) is 1. The number of nitrogens with zero attached hydrogens (tertiary/aromatic N) is 2. The number of benzene rings is 2. The molecule has 0 fully saturated rings. The van der Waals surface area contributed by atoms with Crippen LogP contribution in [0, 0.1) is 6.92 Å². The van der Waals surface area contributed by atoms with Crippen molar-refractivity contribution in [3.63, 3.8) is 0 Å². The van der Waals surface area contributed by atoms with Crippen LogP contribution >= 0.6 is 0 Å². The first-order chi connectivity index (χ1) is 9.81. The molecular weight excluding hydrogens is 246 g/mol. The highest BCUT2D eigenvalue weighted by Gasteiger charge is 2.10. The quantitative estimate of drug-likeness (QED) is 0.559. The van der Waals surface area contributed by atoms with Crippen LogP contribution in [0.1, 0.15) is 5.69 Å². The zero-order valence-corrected chi connectivity index (χ0v) is 11.1. The van der Waals surface area contributed by atoms with E-state index in [1.54, 1.807) is 0 Å². The van der Waals surface area contributed by atoms with Crippen molar-refractivity contribution in [3.8, 4) is 11.4 Å². The molecule has 1 N–H and O–H groups in total. The van der Waals surface area contributed by atoms with Gasteiger partial charge in [0.05, 0.1) is 16.6 Å². The average molecular weight is 259 g/mol. The van der Waals surface area contributed by atoms with Crippen LogP contribution in [-0.4, -0.2) is 15.0 Å². The minimum atomic E-state index is 0.896. The number of hydrogen-bond acceptors (Lipinski definition) is 2. The first-order valence-corrected chi connectivity index (χ1v) is 6.63. The molecule has 4 rings (SSSR count). The van der Waals surface area contributed by atoms with Crippen LogP contribution in [0.5, 0.6) is 0 Å². The molecule has 4 aromatic rings. The minimum absolute atomic E-state index is 0.896. The molecular formula is C17H13N3. The van der Waals surface area contributed by atoms with Crippen LogP contribution in [-0.2, 0) is 0 Å². The van der Waals surface area contributed by atoms with Crippen LogP contribution < -0.4 is 0 Å². The number of aromatic amines is 1. The molecule has 0 saturated heterocycles. The molecule has 0 unspecified atom stereocenters. The van der Waals surface area contributed by atoms with E-state index >= 15 is 0 Å². The fraction of sp³-hybridized carbons (Fsp3) is 0.0588. The van der Waals surface area contributed by atoms with Crippen molar-refractivity contribution >= 4 is 21.9 Å². The van der Waals surface area contributed by atoms with Gasteiger partial charge in [-0.15, -0.1) is 0 Å². The smallest absolute Gasteiger partial charge is 0.139 e. The molecule has 2 aromatic carbocycles. The van der Waals surface area contributed by atoms with Crippen molar-refractivity contribution in [3.05, 3.63) is 60.3 Å². The molecule has 0 amide bonds. The Bertz CT molecular complexity index is 889. The van der Waals surface area contributed by atoms with Crippen LogP contribution in [0.3, 0.4) is 0 Å². The van der Waals surface area contributed by atoms with Crippen molar-refractivity contribution in [2.45, 2.75) is 6.92 Å². The molecule has 2 heterocycles. The number of aryl methyl sites for hydroxylation is 1. The van der Waals surface area contributed by atoms with Crippen molar-refractivity contribution in [2.24, 2.45) is 0 Å². The maximum absolute atomic E-state index is 4.69. The Morgan fingerprint density at radius 1 is 0.850 bits per heavy atom. The molecule has 2 aromatic heterocycles. The Balaban J connectivity index is 2.06. The highest BCUT2D eigenvalue weighted by Crippen LogP contribution is 2.28. The second-order valence-corrected chi connectivity index (χ2v) is 4.93. The Hall–Kier alpha value is -2.68. The van der Waals surface area contributed by atoms with E-state index in [0.717, 1.165) is 39.0 Å². The molecule has 96 valence electrons. The Morgan fingerprint density at radius 2 is 1.60 bits per heavy atom. The Kier molecular flexibility index (Phi) is 2.33. The summed E-state index contributed by atoms with van der Waals surface area (Å²) in [7, 11) is 0. The molecule has 0 spiro atoms. The molecule has 0 atom stereocenters. The first kappa shape index (κ1) is 11.2. The van der Waals surface area contributed by atoms with E-state index in [0.29, 0.717) is 0 Å². The summed E-state index contributed by atoms with van der Waals surface area (Å²) in [6.45, 7) is 2.01. The van der Waals surface area contributed by atoms with Gasteiger partial charge in [0, 0.05) is 16.6 Å². The van der Waals surface area contributed by atoms with Crippen LogP contribution in [0.2, 0.25) is 0 Å². The zero-order valence-electron chi connectivity index (χ0n) is 11.1. The Labute approximate surface area is 116 Å². The summed E-state index contributed by atoms with van der Waals surface area (Å²) < 4.78 is 0. The summed E-state index contributed by atoms with van der Waals surface area (Å²) in [6, 6.07) is 18.3. The molecule has 0 aliphatic heterocycles. The van der Waals surface area contributed by atoms with Gasteiger partial charge in [0.1, 0.15) is 5.82 Å². The normalized spacial score (nSPS) is 11.2. The lowest BCUT2D eigenvalue weighted by Crippen LogP contribution is -1.89. The van der Waals surface area contributed by atoms with E-state index in [-0.39, 0.29) is 0 Å². The van der Waals surface area contributed by atoms with Gasteiger partial charge in [-0.1, -0.05) is 30.3 Å². The standard InChI is InChI=1S/C17H13N3/c1-11-10-13(12-6-2-3-7-14(12)18-11)17-19-15-8-4-5-9-16(15)20-17/h2-10H,1H3,(H,19,20). The highest BCUT2D eigenvalue weighted by molar-refractivity contribution is 5.94. The second-order valence-electron chi connectivity index (χ2n) is 4.93. The zero-order chi connectivity index (χ0) is 13.5. The number of imidazole rings is 1. The van der Waals surface area contributed by atoms with Crippen molar-refractivity contribution in [2.75, 3.05) is 0 Å². The van der Waals surface area contributed by atoms with Crippen LogP contribution in [0.4, 0.5) is 0 Å². The fourth-order valence-corrected chi connectivity index (χ4v) is 2.58. The number of H-pyrrole nitrogens is 1. The highest BCUT2D eigenvalue weighted by atomic mass is 14.9. The summed E-state index contributed by atoms with van der Waals surface area (Å²) >= 11 is 0. The SMILES string of the molecule is Cc1cc(-c2nc3ccccc3[nH]2)c2ccccc2n1. The monoisotopic (exact) mass is 259 g/mol. The van der Waals surface area contributed by atoms with Gasteiger partial charge in [-0.05, 0) is 31.2 Å². The van der Waals surface area contributed by atoms with Crippen molar-refractivity contribution in [1.29, 1.82) is 0 Å². The summed E-state index contributed by atoms with van der Waals surface area (Å²) in [6.07, 6.45) is 0. The maximum atomic E-state index is 4.69. The summed E-state index contributed by atoms with van der Waals surface area (Å²) in [5.74, 6) is 0.896. The molecule has 0 saturated carbocycles. The van der Waals surface area contributed by atoms with Gasteiger partial charge in [0.25, 0.3) is 0 Å². The van der Waals surface area contributed by atoms with Gasteiger partial charge in [-0.2, -0.15) is 0 Å². The molecule has 3 heteroatoms. The number of rotatable bonds is 1. The Morgan fingerprint density at radius 3 is 2.45 bits per heavy atom. The third kappa shape index (κ3) is 1.67. The van der Waals surface area contributed by atoms with Crippen molar-refractivity contribution < 1.29 is 0 Å². The van der Waals surface area contributed by atoms with Gasteiger partial charge in [0.2, 0.25) is 0 Å². The molecule has 0 aliphatic carbocycles. The molecule has 0 aliphatic rings. The predicted octanol–water partition coefficient (Wildman–Crippen LogP) is 4.09. The maximum Gasteiger partial charge on any atom is 0.139 e. The minimum Gasteiger partial charge on any atom is -0.338 e. The van der Waals surface area contributed by atoms with Gasteiger partial charge < -0.3 is 4.98 Å². The summed E-state index contributed by atoms with van der Waals surface area (Å²) in [5.41, 5.74) is 5.15. The van der Waals surface area contributed by atoms with Gasteiger partial charge in [0.15, 0.2) is 0 Å². The van der Waals surface area contributed by atoms with Gasteiger partial charge in [-0.3, -0.25) is 4.98 Å². The third-order valence-corrected chi connectivity index (χ3v) is 3.49. The molecule has 3 nitrogen and oxygen atoms in total. The van der Waals surface area contributed by atoms with E-state index in [1.807, 2.05) is 49.4 Å².